The third-order valence-corrected chi connectivity index (χ3v) is 11.5. The highest BCUT2D eigenvalue weighted by atomic mass is 16.6. The van der Waals surface area contributed by atoms with Crippen molar-refractivity contribution < 1.29 is 28.6 Å². The molecule has 264 valence electrons. The second-order valence-corrected chi connectivity index (χ2v) is 14.5. The van der Waals surface area contributed by atoms with Crippen LogP contribution in [-0.4, -0.2) is 79.5 Å². The zero-order valence-corrected chi connectivity index (χ0v) is 30.3. The number of esters is 2. The highest BCUT2D eigenvalue weighted by molar-refractivity contribution is 5.93. The zero-order valence-electron chi connectivity index (χ0n) is 30.3. The van der Waals surface area contributed by atoms with Crippen LogP contribution in [0.1, 0.15) is 69.2 Å². The van der Waals surface area contributed by atoms with Crippen LogP contribution < -0.4 is 9.47 Å². The molecule has 2 aliphatic heterocycles. The Bertz CT molecular complexity index is 1710. The Morgan fingerprint density at radius 3 is 2.16 bits per heavy atom. The molecule has 0 N–H and O–H groups in total. The van der Waals surface area contributed by atoms with E-state index in [4.69, 9.17) is 14.2 Å². The largest absolute Gasteiger partial charge is 0.481 e. The second kappa shape index (κ2) is 14.2. The summed E-state index contributed by atoms with van der Waals surface area (Å²) in [6.45, 7) is 7.92. The van der Waals surface area contributed by atoms with Crippen LogP contribution in [0.15, 0.2) is 84.9 Å². The Labute approximate surface area is 296 Å². The van der Waals surface area contributed by atoms with Crippen LogP contribution in [0, 0.1) is 5.92 Å². The van der Waals surface area contributed by atoms with Crippen molar-refractivity contribution in [1.29, 1.82) is 0 Å². The Kier molecular flexibility index (Phi) is 10.1. The van der Waals surface area contributed by atoms with Gasteiger partial charge < -0.3 is 24.0 Å². The van der Waals surface area contributed by atoms with Gasteiger partial charge in [0.2, 0.25) is 0 Å². The number of Topliss-reactive ketones (excluding diaryl/α,β-unsaturated/α-hetero) is 1. The molecule has 3 aromatic rings. The van der Waals surface area contributed by atoms with Crippen LogP contribution in [0.4, 0.5) is 0 Å². The van der Waals surface area contributed by atoms with Crippen molar-refractivity contribution in [3.63, 3.8) is 0 Å². The molecule has 2 aliphatic carbocycles. The summed E-state index contributed by atoms with van der Waals surface area (Å²) in [6.07, 6.45) is 6.62. The molecule has 1 fully saturated rings. The fraction of sp³-hybridized carbons (Fsp3) is 0.452. The molecule has 0 aromatic heterocycles. The average molecular weight is 679 g/mol. The van der Waals surface area contributed by atoms with Gasteiger partial charge in [-0.15, -0.1) is 0 Å². The average Bonchev–Trinajstić information content (AvgIpc) is 3.46. The number of likely N-dealkylation sites (N-methyl/N-ethyl adjacent to an activating group) is 1. The zero-order chi connectivity index (χ0) is 35.8. The van der Waals surface area contributed by atoms with Gasteiger partial charge in [0, 0.05) is 49.2 Å². The van der Waals surface area contributed by atoms with Crippen LogP contribution in [0.2, 0.25) is 0 Å². The molecule has 8 nitrogen and oxygen atoms in total. The SMILES string of the molecule is CC(=O)Oc1ccc2c3c1O[C@H]1[C@@H](OC(C)=O)C=C[C@H]4[C@@H](C2)N(C)CC[C@@]341.CCC(=O)C(CC(C)N(C)C)(c1ccccc1)c1ccccc1. The van der Waals surface area contributed by atoms with Crippen molar-refractivity contribution in [3.05, 3.63) is 107 Å². The molecule has 4 aliphatic rings. The first-order valence-electron chi connectivity index (χ1n) is 17.8. The molecule has 2 bridgehead atoms. The summed E-state index contributed by atoms with van der Waals surface area (Å²) in [6, 6.07) is 25.0. The number of carbonyl (C=O) groups excluding carboxylic acids is 3. The molecule has 1 saturated heterocycles. The first-order chi connectivity index (χ1) is 23.9. The van der Waals surface area contributed by atoms with E-state index >= 15 is 0 Å². The van der Waals surface area contributed by atoms with Gasteiger partial charge in [-0.25, -0.2) is 0 Å². The molecule has 0 saturated carbocycles. The van der Waals surface area contributed by atoms with Gasteiger partial charge >= 0.3 is 11.9 Å². The smallest absolute Gasteiger partial charge is 0.308 e. The van der Waals surface area contributed by atoms with E-state index in [2.05, 4.69) is 74.3 Å². The summed E-state index contributed by atoms with van der Waals surface area (Å²) in [5.74, 6) is 0.993. The number of hydrogen-bond acceptors (Lipinski definition) is 8. The summed E-state index contributed by atoms with van der Waals surface area (Å²) in [7, 11) is 6.32. The Morgan fingerprint density at radius 2 is 1.60 bits per heavy atom. The fourth-order valence-corrected chi connectivity index (χ4v) is 8.95. The van der Waals surface area contributed by atoms with Gasteiger partial charge in [-0.1, -0.05) is 79.7 Å². The second-order valence-electron chi connectivity index (χ2n) is 14.5. The van der Waals surface area contributed by atoms with Crippen LogP contribution in [0.25, 0.3) is 0 Å². The van der Waals surface area contributed by atoms with Crippen molar-refractivity contribution in [2.75, 3.05) is 27.7 Å². The first kappa shape index (κ1) is 35.6. The van der Waals surface area contributed by atoms with E-state index in [1.165, 1.54) is 19.4 Å². The van der Waals surface area contributed by atoms with Gasteiger partial charge in [0.25, 0.3) is 0 Å². The Morgan fingerprint density at radius 1 is 0.960 bits per heavy atom. The van der Waals surface area contributed by atoms with Gasteiger partial charge in [-0.2, -0.15) is 0 Å². The third kappa shape index (κ3) is 6.07. The first-order valence-corrected chi connectivity index (χ1v) is 17.8. The van der Waals surface area contributed by atoms with E-state index in [1.54, 1.807) is 0 Å². The summed E-state index contributed by atoms with van der Waals surface area (Å²) in [5, 5.41) is 0. The molecular weight excluding hydrogens is 628 g/mol. The predicted octanol–water partition coefficient (Wildman–Crippen LogP) is 6.28. The Balaban J connectivity index is 0.000000176. The normalized spacial score (nSPS) is 25.0. The van der Waals surface area contributed by atoms with Crippen LogP contribution in [0.5, 0.6) is 11.5 Å². The van der Waals surface area contributed by atoms with E-state index in [9.17, 15) is 14.4 Å². The number of rotatable bonds is 9. The quantitative estimate of drug-likeness (QED) is 0.149. The maximum Gasteiger partial charge on any atom is 0.308 e. The van der Waals surface area contributed by atoms with Gasteiger partial charge in [0.1, 0.15) is 11.9 Å². The van der Waals surface area contributed by atoms with Crippen molar-refractivity contribution in [3.8, 4) is 11.5 Å². The lowest BCUT2D eigenvalue weighted by Gasteiger charge is -2.56. The highest BCUT2D eigenvalue weighted by Crippen LogP contribution is 2.62. The number of nitrogens with zero attached hydrogens (tertiary/aromatic N) is 2. The van der Waals surface area contributed by atoms with E-state index in [1.807, 2.05) is 55.5 Å². The molecule has 0 radical (unpaired) electrons. The molecule has 6 atom stereocenters. The minimum absolute atomic E-state index is 0.245. The number of hydrogen-bond donors (Lipinski definition) is 0. The molecule has 3 aromatic carbocycles. The fourth-order valence-electron chi connectivity index (χ4n) is 8.95. The lowest BCUT2D eigenvalue weighted by atomic mass is 9.53. The topological polar surface area (TPSA) is 85.4 Å². The van der Waals surface area contributed by atoms with Crippen LogP contribution in [0.3, 0.4) is 0 Å². The molecule has 50 heavy (non-hydrogen) atoms. The summed E-state index contributed by atoms with van der Waals surface area (Å²) in [5.41, 5.74) is 3.75. The van der Waals surface area contributed by atoms with Gasteiger partial charge in [-0.3, -0.25) is 14.4 Å². The minimum atomic E-state index is -0.582. The van der Waals surface area contributed by atoms with E-state index in [-0.39, 0.29) is 35.2 Å². The predicted molar refractivity (Wildman–Crippen MR) is 193 cm³/mol. The minimum Gasteiger partial charge on any atom is -0.481 e. The standard InChI is InChI=1S/C21H23NO5.C21H27NO/c1-11(23)25-16-6-4-13-10-15-14-5-7-17(26-12(2)24)20-21(14,8-9-22(15)3)18(13)19(16)27-20;1-5-20(23)21(16-17(2)22(3)4,18-12-8-6-9-13-18)19-14-10-7-11-15-19/h4-7,14-15,17,20H,8-10H2,1-3H3;6-15,17H,5,16H2,1-4H3/t14-,15+,17-,20-,21-;/m0./s1. The highest BCUT2D eigenvalue weighted by Gasteiger charge is 2.65. The molecule has 2 heterocycles. The van der Waals surface area contributed by atoms with Crippen molar-refractivity contribution in [1.82, 2.24) is 9.80 Å². The number of ether oxygens (including phenoxy) is 3. The third-order valence-electron chi connectivity index (χ3n) is 11.5. The number of ketones is 1. The van der Waals surface area contributed by atoms with E-state index in [0.29, 0.717) is 30.0 Å². The maximum atomic E-state index is 13.2. The number of piperidine rings is 1. The lowest BCUT2D eigenvalue weighted by molar-refractivity contribution is -0.152. The van der Waals surface area contributed by atoms with Crippen molar-refractivity contribution in [2.24, 2.45) is 5.92 Å². The molecule has 8 heteroatoms. The molecular formula is C42H50N2O6. The van der Waals surface area contributed by atoms with Gasteiger partial charge in [0.05, 0.1) is 5.41 Å². The summed E-state index contributed by atoms with van der Waals surface area (Å²) >= 11 is 0. The van der Waals surface area contributed by atoms with Crippen LogP contribution in [-0.2, 0) is 36.4 Å². The maximum absolute atomic E-state index is 13.2. The molecule has 7 rings (SSSR count). The number of carbonyl (C=O) groups is 3. The van der Waals surface area contributed by atoms with E-state index in [0.717, 1.165) is 42.5 Å². The van der Waals surface area contributed by atoms with Crippen molar-refractivity contribution in [2.45, 2.75) is 88.5 Å². The molecule has 1 unspecified atom stereocenters. The van der Waals surface area contributed by atoms with Crippen LogP contribution >= 0.6 is 0 Å². The summed E-state index contributed by atoms with van der Waals surface area (Å²) < 4.78 is 17.5. The summed E-state index contributed by atoms with van der Waals surface area (Å²) in [4.78, 5) is 41.1. The number of likely N-dealkylation sites (tertiary alicyclic amines) is 1. The molecule has 0 amide bonds. The van der Waals surface area contributed by atoms with E-state index < -0.39 is 11.5 Å². The lowest BCUT2D eigenvalue weighted by Crippen LogP contribution is -2.65. The monoisotopic (exact) mass is 678 g/mol. The van der Waals surface area contributed by atoms with Gasteiger partial charge in [-0.05, 0) is 82.7 Å². The molecule has 1 spiro atoms. The number of benzene rings is 3. The Hall–Kier alpha value is -4.27. The van der Waals surface area contributed by atoms with Gasteiger partial charge in [0.15, 0.2) is 17.6 Å². The van der Waals surface area contributed by atoms with Crippen molar-refractivity contribution >= 4 is 17.7 Å².